The number of β-amino-alcohol motifs (C(OH)–C–C–N with tert-alkyl or cyclic N) is 1. The normalized spacial score (nSPS) is 28.3. The fourth-order valence-corrected chi connectivity index (χ4v) is 7.61. The molecule has 11 heteroatoms. The molecule has 3 fully saturated rings. The summed E-state index contributed by atoms with van der Waals surface area (Å²) in [4.78, 5) is 57.5. The summed E-state index contributed by atoms with van der Waals surface area (Å²) in [6.45, 7) is 12.9. The number of carbonyl (C=O) groups is 4. The lowest BCUT2D eigenvalue weighted by Gasteiger charge is -2.42. The number of halogens is 1. The van der Waals surface area contributed by atoms with Crippen LogP contribution in [-0.4, -0.2) is 93.0 Å². The number of nitrogens with zero attached hydrogens (tertiary/aromatic N) is 2. The molecule has 234 valence electrons. The predicted molar refractivity (Wildman–Crippen MR) is 164 cm³/mol. The first kappa shape index (κ1) is 32.9. The number of hydrogen-bond acceptors (Lipinski definition) is 7. The summed E-state index contributed by atoms with van der Waals surface area (Å²) in [6, 6.07) is 7.46. The van der Waals surface area contributed by atoms with Crippen molar-refractivity contribution in [1.29, 1.82) is 0 Å². The second-order valence-corrected chi connectivity index (χ2v) is 13.5. The Balaban J connectivity index is 1.66. The number of carbonyl (C=O) groups excluding carboxylic acids is 4. The number of amides is 3. The van der Waals surface area contributed by atoms with Crippen molar-refractivity contribution in [1.82, 2.24) is 15.1 Å². The number of aliphatic hydroxyl groups is 1. The molecule has 43 heavy (non-hydrogen) atoms. The van der Waals surface area contributed by atoms with E-state index in [9.17, 15) is 24.3 Å². The third kappa shape index (κ3) is 6.30. The van der Waals surface area contributed by atoms with Gasteiger partial charge in [-0.2, -0.15) is 0 Å². The number of allylic oxidation sites excluding steroid dienone is 1. The average Bonchev–Trinajstić information content (AvgIpc) is 3.55. The van der Waals surface area contributed by atoms with Crippen LogP contribution in [0.3, 0.4) is 0 Å². The van der Waals surface area contributed by atoms with Crippen molar-refractivity contribution < 1.29 is 33.8 Å². The molecule has 0 radical (unpaired) electrons. The van der Waals surface area contributed by atoms with E-state index < -0.39 is 58.9 Å². The number of likely N-dealkylation sites (tertiary alicyclic amines) is 1. The van der Waals surface area contributed by atoms with Gasteiger partial charge >= 0.3 is 5.97 Å². The van der Waals surface area contributed by atoms with Crippen LogP contribution in [0, 0.1) is 11.8 Å². The lowest BCUT2D eigenvalue weighted by molar-refractivity contribution is -0.152. The highest BCUT2D eigenvalue weighted by molar-refractivity contribution is 9.09. The van der Waals surface area contributed by atoms with Gasteiger partial charge in [0.05, 0.1) is 30.6 Å². The van der Waals surface area contributed by atoms with Crippen LogP contribution >= 0.6 is 15.9 Å². The zero-order valence-electron chi connectivity index (χ0n) is 25.0. The summed E-state index contributed by atoms with van der Waals surface area (Å²) in [5.41, 5.74) is -1.10. The highest BCUT2D eigenvalue weighted by Crippen LogP contribution is 2.60. The first-order chi connectivity index (χ1) is 20.4. The molecular weight excluding hydrogens is 618 g/mol. The molecule has 2 bridgehead atoms. The molecular formula is C32H42BrN3O7. The Kier molecular flexibility index (Phi) is 10.2. The zero-order chi connectivity index (χ0) is 31.5. The summed E-state index contributed by atoms with van der Waals surface area (Å²) < 4.78 is 12.1. The number of ether oxygens (including phenoxy) is 2. The maximum atomic E-state index is 14.3. The van der Waals surface area contributed by atoms with E-state index in [-0.39, 0.29) is 43.5 Å². The molecule has 10 nitrogen and oxygen atoms in total. The van der Waals surface area contributed by atoms with Gasteiger partial charge in [0.2, 0.25) is 17.7 Å². The van der Waals surface area contributed by atoms with E-state index >= 15 is 0 Å². The summed E-state index contributed by atoms with van der Waals surface area (Å²) in [6.07, 6.45) is 3.62. The van der Waals surface area contributed by atoms with Crippen LogP contribution in [-0.2, 0) is 28.7 Å². The topological polar surface area (TPSA) is 125 Å². The second kappa shape index (κ2) is 13.3. The Labute approximate surface area is 261 Å². The number of aliphatic hydroxyl groups excluding tert-OH is 1. The Bertz CT molecular complexity index is 1240. The Morgan fingerprint density at radius 1 is 1.26 bits per heavy atom. The van der Waals surface area contributed by atoms with E-state index in [4.69, 9.17) is 9.47 Å². The minimum absolute atomic E-state index is 0.0673. The standard InChI is InChI=1S/C32H42BrN3O7/c1-6-8-14-23(38)42-19-22(20-12-10-9-11-13-20)34-28(39)24-25-29(40)35(16-17-37)27(32(25)18-21(33)26(24)43-32)30(41)36(15-7-2)31(3,4)5/h6-7,9-13,21-22,24-27,37H,1-2,8,14-19H2,3-5H3,(H,34,39)/t21?,22-,24-,25+,26-,27-,32+/m1/s1. The minimum atomic E-state index is -1.26. The Morgan fingerprint density at radius 3 is 2.56 bits per heavy atom. The van der Waals surface area contributed by atoms with Crippen LogP contribution in [0.1, 0.15) is 51.6 Å². The summed E-state index contributed by atoms with van der Waals surface area (Å²) in [5.74, 6) is -3.38. The molecule has 1 unspecified atom stereocenters. The molecule has 3 heterocycles. The maximum absolute atomic E-state index is 14.3. The van der Waals surface area contributed by atoms with Crippen molar-refractivity contribution in [3.05, 3.63) is 61.2 Å². The highest BCUT2D eigenvalue weighted by atomic mass is 79.9. The second-order valence-electron chi connectivity index (χ2n) is 12.3. The number of benzene rings is 1. The summed E-state index contributed by atoms with van der Waals surface area (Å²) in [5, 5.41) is 12.9. The molecule has 3 aliphatic heterocycles. The van der Waals surface area contributed by atoms with Gasteiger partial charge in [0, 0.05) is 29.9 Å². The third-order valence-electron chi connectivity index (χ3n) is 8.54. The van der Waals surface area contributed by atoms with Gasteiger partial charge in [-0.05, 0) is 39.2 Å². The van der Waals surface area contributed by atoms with Crippen LogP contribution in [0.5, 0.6) is 0 Å². The van der Waals surface area contributed by atoms with Crippen LogP contribution in [0.2, 0.25) is 0 Å². The Morgan fingerprint density at radius 2 is 1.95 bits per heavy atom. The highest BCUT2D eigenvalue weighted by Gasteiger charge is 2.76. The van der Waals surface area contributed by atoms with Crippen LogP contribution in [0.4, 0.5) is 0 Å². The van der Waals surface area contributed by atoms with Gasteiger partial charge in [0.1, 0.15) is 18.2 Å². The minimum Gasteiger partial charge on any atom is -0.463 e. The molecule has 3 saturated heterocycles. The number of rotatable bonds is 13. The van der Waals surface area contributed by atoms with Gasteiger partial charge in [-0.1, -0.05) is 58.4 Å². The molecule has 1 aromatic rings. The molecule has 4 rings (SSSR count). The quantitative estimate of drug-likeness (QED) is 0.190. The van der Waals surface area contributed by atoms with Gasteiger partial charge in [0.25, 0.3) is 0 Å². The van der Waals surface area contributed by atoms with Crippen molar-refractivity contribution >= 4 is 39.6 Å². The van der Waals surface area contributed by atoms with Crippen molar-refractivity contribution in [3.63, 3.8) is 0 Å². The smallest absolute Gasteiger partial charge is 0.306 e. The van der Waals surface area contributed by atoms with Gasteiger partial charge in [-0.15, -0.1) is 13.2 Å². The van der Waals surface area contributed by atoms with Gasteiger partial charge in [-0.25, -0.2) is 0 Å². The molecule has 3 amide bonds. The van der Waals surface area contributed by atoms with Crippen LogP contribution in [0.25, 0.3) is 0 Å². The summed E-state index contributed by atoms with van der Waals surface area (Å²) in [7, 11) is 0. The van der Waals surface area contributed by atoms with E-state index in [0.29, 0.717) is 12.8 Å². The van der Waals surface area contributed by atoms with Crippen LogP contribution < -0.4 is 5.32 Å². The van der Waals surface area contributed by atoms with Gasteiger partial charge in [0.15, 0.2) is 0 Å². The number of alkyl halides is 1. The molecule has 0 aromatic heterocycles. The number of fused-ring (bicyclic) bond motifs is 1. The monoisotopic (exact) mass is 659 g/mol. The number of nitrogens with one attached hydrogen (secondary N) is 1. The molecule has 7 atom stereocenters. The van der Waals surface area contributed by atoms with Gasteiger partial charge in [-0.3, -0.25) is 19.2 Å². The fraction of sp³-hybridized carbons (Fsp3) is 0.562. The number of hydrogen-bond donors (Lipinski definition) is 2. The molecule has 1 spiro atoms. The van der Waals surface area contributed by atoms with E-state index in [1.54, 1.807) is 17.1 Å². The summed E-state index contributed by atoms with van der Waals surface area (Å²) >= 11 is 3.68. The fourth-order valence-electron chi connectivity index (χ4n) is 6.67. The van der Waals surface area contributed by atoms with E-state index in [1.807, 2.05) is 51.1 Å². The lowest BCUT2D eigenvalue weighted by atomic mass is 9.70. The van der Waals surface area contributed by atoms with Gasteiger partial charge < -0.3 is 29.7 Å². The maximum Gasteiger partial charge on any atom is 0.306 e. The third-order valence-corrected chi connectivity index (χ3v) is 9.38. The Hall–Kier alpha value is -3.02. The first-order valence-electron chi connectivity index (χ1n) is 14.7. The average molecular weight is 661 g/mol. The van der Waals surface area contributed by atoms with E-state index in [2.05, 4.69) is 34.4 Å². The lowest BCUT2D eigenvalue weighted by Crippen LogP contribution is -2.60. The van der Waals surface area contributed by atoms with Crippen LogP contribution in [0.15, 0.2) is 55.6 Å². The van der Waals surface area contributed by atoms with Crippen molar-refractivity contribution in [2.75, 3.05) is 26.3 Å². The largest absolute Gasteiger partial charge is 0.463 e. The molecule has 0 aliphatic carbocycles. The van der Waals surface area contributed by atoms with E-state index in [1.165, 1.54) is 4.90 Å². The van der Waals surface area contributed by atoms with E-state index in [0.717, 1.165) is 5.56 Å². The molecule has 2 N–H and O–H groups in total. The van der Waals surface area contributed by atoms with Crippen molar-refractivity contribution in [3.8, 4) is 0 Å². The first-order valence-corrected chi connectivity index (χ1v) is 15.6. The van der Waals surface area contributed by atoms with Crippen molar-refractivity contribution in [2.24, 2.45) is 11.8 Å². The SMILES string of the molecule is C=CCCC(=O)OC[C@@H](NC(=O)[C@H]1[C@@H]2O[C@@]3(CC2Br)[C@@H]1C(=O)N(CCO)[C@@H]3C(=O)N(CC=C)C(C)(C)C)c1ccccc1. The predicted octanol–water partition coefficient (Wildman–Crippen LogP) is 2.91. The zero-order valence-corrected chi connectivity index (χ0v) is 26.6. The molecule has 0 saturated carbocycles. The number of esters is 1. The van der Waals surface area contributed by atoms with Crippen molar-refractivity contribution in [2.45, 2.75) is 74.2 Å². The molecule has 1 aromatic carbocycles. The molecule has 3 aliphatic rings.